The van der Waals surface area contributed by atoms with E-state index in [0.717, 1.165) is 16.8 Å². The minimum absolute atomic E-state index is 0.298. The molecule has 0 unspecified atom stereocenters. The Hall–Kier alpha value is -2.56. The van der Waals surface area contributed by atoms with E-state index in [1.54, 1.807) is 6.20 Å². The molecule has 0 fully saturated rings. The lowest BCUT2D eigenvalue weighted by atomic mass is 10.1. The fourth-order valence-corrected chi connectivity index (χ4v) is 1.78. The molecule has 2 amide bonds. The summed E-state index contributed by atoms with van der Waals surface area (Å²) < 4.78 is 0. The Morgan fingerprint density at radius 1 is 1.15 bits per heavy atom. The highest BCUT2D eigenvalue weighted by Crippen LogP contribution is 2.16. The molecule has 1 aromatic heterocycles. The second-order valence-electron chi connectivity index (χ2n) is 4.65. The van der Waals surface area contributed by atoms with Crippen molar-refractivity contribution in [2.45, 2.75) is 20.4 Å². The molecule has 0 saturated carbocycles. The van der Waals surface area contributed by atoms with Crippen molar-refractivity contribution in [2.75, 3.05) is 5.32 Å². The van der Waals surface area contributed by atoms with Gasteiger partial charge in [0.15, 0.2) is 0 Å². The number of hydrogen-bond donors (Lipinski definition) is 3. The first-order valence-corrected chi connectivity index (χ1v) is 6.35. The van der Waals surface area contributed by atoms with Crippen molar-refractivity contribution in [3.63, 3.8) is 0 Å². The van der Waals surface area contributed by atoms with Crippen LogP contribution >= 0.6 is 0 Å². The smallest absolute Gasteiger partial charge is 0.313 e. The lowest BCUT2D eigenvalue weighted by Crippen LogP contribution is -2.35. The molecule has 5 nitrogen and oxygen atoms in total. The number of amides is 2. The van der Waals surface area contributed by atoms with Gasteiger partial charge in [0.1, 0.15) is 0 Å². The van der Waals surface area contributed by atoms with Crippen molar-refractivity contribution in [1.82, 2.24) is 10.3 Å². The van der Waals surface area contributed by atoms with Gasteiger partial charge in [0.05, 0.1) is 6.54 Å². The number of carbonyl (C=O) groups excluding carboxylic acids is 2. The van der Waals surface area contributed by atoms with E-state index in [2.05, 4.69) is 15.6 Å². The summed E-state index contributed by atoms with van der Waals surface area (Å²) in [5, 5.41) is 5.18. The monoisotopic (exact) mass is 271 g/mol. The maximum atomic E-state index is 11.8. The Bertz CT molecular complexity index is 618. The molecule has 0 aliphatic rings. The molecule has 1 heterocycles. The second kappa shape index (κ2) is 6.06. The SMILES string of the molecule is Cc1ccc(C)c(NC(=O)C(=O)NCc2ccc[nH]2)c1. The minimum Gasteiger partial charge on any atom is -0.364 e. The van der Waals surface area contributed by atoms with Crippen molar-refractivity contribution < 1.29 is 9.59 Å². The summed E-state index contributed by atoms with van der Waals surface area (Å²) in [5.41, 5.74) is 3.45. The summed E-state index contributed by atoms with van der Waals surface area (Å²) in [6.45, 7) is 4.11. The molecule has 1 aromatic carbocycles. The maximum absolute atomic E-state index is 11.8. The van der Waals surface area contributed by atoms with Gasteiger partial charge in [-0.3, -0.25) is 9.59 Å². The van der Waals surface area contributed by atoms with Gasteiger partial charge >= 0.3 is 11.8 Å². The summed E-state index contributed by atoms with van der Waals surface area (Å²) in [5.74, 6) is -1.31. The zero-order chi connectivity index (χ0) is 14.5. The number of aromatic amines is 1. The molecule has 0 saturated heterocycles. The fraction of sp³-hybridized carbons (Fsp3) is 0.200. The Balaban J connectivity index is 1.93. The van der Waals surface area contributed by atoms with Crippen LogP contribution in [-0.2, 0) is 16.1 Å². The predicted octanol–water partition coefficient (Wildman–Crippen LogP) is 1.89. The van der Waals surface area contributed by atoms with E-state index in [-0.39, 0.29) is 0 Å². The molecule has 0 bridgehead atoms. The highest BCUT2D eigenvalue weighted by atomic mass is 16.2. The standard InChI is InChI=1S/C15H17N3O2/c1-10-5-6-11(2)13(8-10)18-15(20)14(19)17-9-12-4-3-7-16-12/h3-8,16H,9H2,1-2H3,(H,17,19)(H,18,20). The largest absolute Gasteiger partial charge is 0.364 e. The molecule has 0 aliphatic carbocycles. The third kappa shape index (κ3) is 3.47. The molecule has 2 rings (SSSR count). The number of hydrogen-bond acceptors (Lipinski definition) is 2. The molecule has 104 valence electrons. The molecular weight excluding hydrogens is 254 g/mol. The summed E-state index contributed by atoms with van der Waals surface area (Å²) in [4.78, 5) is 26.5. The molecule has 20 heavy (non-hydrogen) atoms. The van der Waals surface area contributed by atoms with Crippen molar-refractivity contribution in [3.05, 3.63) is 53.3 Å². The minimum atomic E-state index is -0.662. The van der Waals surface area contributed by atoms with Crippen LogP contribution in [0, 0.1) is 13.8 Å². The van der Waals surface area contributed by atoms with Crippen molar-refractivity contribution in [3.8, 4) is 0 Å². The molecular formula is C15H17N3O2. The summed E-state index contributed by atoms with van der Waals surface area (Å²) in [7, 11) is 0. The zero-order valence-electron chi connectivity index (χ0n) is 11.5. The fourth-order valence-electron chi connectivity index (χ4n) is 1.78. The van der Waals surface area contributed by atoms with Gasteiger partial charge in [0, 0.05) is 17.6 Å². The maximum Gasteiger partial charge on any atom is 0.313 e. The van der Waals surface area contributed by atoms with Crippen molar-refractivity contribution >= 4 is 17.5 Å². The number of nitrogens with one attached hydrogen (secondary N) is 3. The first kappa shape index (κ1) is 13.9. The first-order chi connectivity index (χ1) is 9.56. The van der Waals surface area contributed by atoms with Crippen LogP contribution < -0.4 is 10.6 Å². The summed E-state index contributed by atoms with van der Waals surface area (Å²) >= 11 is 0. The predicted molar refractivity (Wildman–Crippen MR) is 77.2 cm³/mol. The van der Waals surface area contributed by atoms with E-state index in [9.17, 15) is 9.59 Å². The van der Waals surface area contributed by atoms with Gasteiger partial charge in [0.25, 0.3) is 0 Å². The van der Waals surface area contributed by atoms with Crippen LogP contribution in [0.25, 0.3) is 0 Å². The summed E-state index contributed by atoms with van der Waals surface area (Å²) in [6.07, 6.45) is 1.76. The molecule has 5 heteroatoms. The van der Waals surface area contributed by atoms with Gasteiger partial charge in [-0.05, 0) is 43.2 Å². The number of benzene rings is 1. The van der Waals surface area contributed by atoms with Gasteiger partial charge < -0.3 is 15.6 Å². The van der Waals surface area contributed by atoms with E-state index in [1.165, 1.54) is 0 Å². The Morgan fingerprint density at radius 3 is 2.65 bits per heavy atom. The van der Waals surface area contributed by atoms with Gasteiger partial charge in [-0.25, -0.2) is 0 Å². The number of carbonyl (C=O) groups is 2. The number of rotatable bonds is 3. The topological polar surface area (TPSA) is 74.0 Å². The quantitative estimate of drug-likeness (QED) is 0.746. The van der Waals surface area contributed by atoms with Crippen LogP contribution in [0.2, 0.25) is 0 Å². The van der Waals surface area contributed by atoms with Gasteiger partial charge in [-0.1, -0.05) is 12.1 Å². The normalized spacial score (nSPS) is 10.1. The highest BCUT2D eigenvalue weighted by molar-refractivity contribution is 6.39. The first-order valence-electron chi connectivity index (χ1n) is 6.35. The van der Waals surface area contributed by atoms with Crippen LogP contribution in [0.5, 0.6) is 0 Å². The lowest BCUT2D eigenvalue weighted by Gasteiger charge is -2.09. The molecule has 0 radical (unpaired) electrons. The van der Waals surface area contributed by atoms with E-state index in [4.69, 9.17) is 0 Å². The third-order valence-corrected chi connectivity index (χ3v) is 2.95. The van der Waals surface area contributed by atoms with Crippen LogP contribution in [0.3, 0.4) is 0 Å². The molecule has 2 aromatic rings. The van der Waals surface area contributed by atoms with Gasteiger partial charge in [0.2, 0.25) is 0 Å². The Labute approximate surface area is 117 Å². The van der Waals surface area contributed by atoms with Crippen LogP contribution in [0.4, 0.5) is 5.69 Å². The van der Waals surface area contributed by atoms with E-state index < -0.39 is 11.8 Å². The number of aromatic nitrogens is 1. The average Bonchev–Trinajstić information content (AvgIpc) is 2.93. The van der Waals surface area contributed by atoms with Crippen LogP contribution in [-0.4, -0.2) is 16.8 Å². The van der Waals surface area contributed by atoms with Crippen LogP contribution in [0.15, 0.2) is 36.5 Å². The van der Waals surface area contributed by atoms with Gasteiger partial charge in [-0.2, -0.15) is 0 Å². The highest BCUT2D eigenvalue weighted by Gasteiger charge is 2.14. The van der Waals surface area contributed by atoms with Crippen molar-refractivity contribution in [1.29, 1.82) is 0 Å². The van der Waals surface area contributed by atoms with Crippen molar-refractivity contribution in [2.24, 2.45) is 0 Å². The molecule has 0 aliphatic heterocycles. The number of aryl methyl sites for hydroxylation is 2. The third-order valence-electron chi connectivity index (χ3n) is 2.95. The molecule has 3 N–H and O–H groups in total. The number of anilines is 1. The molecule has 0 spiro atoms. The Kier molecular flexibility index (Phi) is 4.20. The lowest BCUT2D eigenvalue weighted by molar-refractivity contribution is -0.136. The van der Waals surface area contributed by atoms with Gasteiger partial charge in [-0.15, -0.1) is 0 Å². The van der Waals surface area contributed by atoms with Crippen LogP contribution in [0.1, 0.15) is 16.8 Å². The second-order valence-corrected chi connectivity index (χ2v) is 4.65. The Morgan fingerprint density at radius 2 is 1.95 bits per heavy atom. The number of H-pyrrole nitrogens is 1. The molecule has 0 atom stereocenters. The van der Waals surface area contributed by atoms with E-state index >= 15 is 0 Å². The average molecular weight is 271 g/mol. The van der Waals surface area contributed by atoms with E-state index in [1.807, 2.05) is 44.2 Å². The summed E-state index contributed by atoms with van der Waals surface area (Å²) in [6, 6.07) is 9.37. The van der Waals surface area contributed by atoms with E-state index in [0.29, 0.717) is 12.2 Å². The zero-order valence-corrected chi connectivity index (χ0v) is 11.5.